The first-order valence-corrected chi connectivity index (χ1v) is 10.2. The fraction of sp³-hybridized carbons (Fsp3) is 0.200. The van der Waals surface area contributed by atoms with Gasteiger partial charge in [0, 0.05) is 30.6 Å². The van der Waals surface area contributed by atoms with Crippen LogP contribution in [0.3, 0.4) is 0 Å². The highest BCUT2D eigenvalue weighted by molar-refractivity contribution is 5.87. The van der Waals surface area contributed by atoms with Gasteiger partial charge in [-0.15, -0.1) is 0 Å². The Morgan fingerprint density at radius 2 is 1.91 bits per heavy atom. The van der Waals surface area contributed by atoms with Crippen LogP contribution in [0.1, 0.15) is 16.8 Å². The van der Waals surface area contributed by atoms with Gasteiger partial charge in [-0.1, -0.05) is 30.3 Å². The quantitative estimate of drug-likeness (QED) is 0.439. The molecule has 0 unspecified atom stereocenters. The Morgan fingerprint density at radius 3 is 2.66 bits per heavy atom. The number of hydrogen-bond donors (Lipinski definition) is 2. The fourth-order valence-corrected chi connectivity index (χ4v) is 3.73. The maximum Gasteiger partial charge on any atom is 0.307 e. The van der Waals surface area contributed by atoms with Crippen molar-refractivity contribution in [2.75, 3.05) is 7.11 Å². The molecule has 7 nitrogen and oxygen atoms in total. The van der Waals surface area contributed by atoms with E-state index in [1.54, 1.807) is 30.0 Å². The van der Waals surface area contributed by atoms with Gasteiger partial charge in [0.2, 0.25) is 0 Å². The summed E-state index contributed by atoms with van der Waals surface area (Å²) < 4.78 is 13.1. The Balaban J connectivity index is 1.68. The Labute approximate surface area is 186 Å². The number of carboxylic acids is 1. The summed E-state index contributed by atoms with van der Waals surface area (Å²) >= 11 is 0. The molecular formula is C25H25N3O4. The van der Waals surface area contributed by atoms with Crippen LogP contribution in [-0.4, -0.2) is 28.0 Å². The lowest BCUT2D eigenvalue weighted by Gasteiger charge is -2.13. The van der Waals surface area contributed by atoms with Gasteiger partial charge < -0.3 is 20.3 Å². The van der Waals surface area contributed by atoms with Crippen molar-refractivity contribution >= 4 is 16.9 Å². The number of methoxy groups -OCH3 is 1. The first kappa shape index (κ1) is 21.4. The number of fused-ring (bicyclic) bond motifs is 1. The van der Waals surface area contributed by atoms with Crippen LogP contribution in [0.15, 0.2) is 60.7 Å². The van der Waals surface area contributed by atoms with Crippen LogP contribution in [-0.2, 0) is 31.4 Å². The molecule has 0 spiro atoms. The number of aromatic nitrogens is 2. The zero-order chi connectivity index (χ0) is 22.7. The van der Waals surface area contributed by atoms with Crippen LogP contribution >= 0.6 is 0 Å². The topological polar surface area (TPSA) is 99.6 Å². The lowest BCUT2D eigenvalue weighted by molar-refractivity contribution is -0.136. The monoisotopic (exact) mass is 431 g/mol. The molecule has 0 bridgehead atoms. The molecule has 0 aliphatic rings. The van der Waals surface area contributed by atoms with Gasteiger partial charge in [0.05, 0.1) is 24.7 Å². The van der Waals surface area contributed by atoms with Crippen LogP contribution in [0.2, 0.25) is 0 Å². The Bertz CT molecular complexity index is 1280. The minimum Gasteiger partial charge on any atom is -0.497 e. The molecule has 4 rings (SSSR count). The van der Waals surface area contributed by atoms with E-state index in [9.17, 15) is 9.90 Å². The number of hydrogen-bond acceptors (Lipinski definition) is 5. The molecule has 0 aliphatic carbocycles. The van der Waals surface area contributed by atoms with Crippen molar-refractivity contribution in [3.05, 3.63) is 77.5 Å². The van der Waals surface area contributed by atoms with Crippen LogP contribution < -0.4 is 15.2 Å². The van der Waals surface area contributed by atoms with Gasteiger partial charge in [-0.2, -0.15) is 5.10 Å². The summed E-state index contributed by atoms with van der Waals surface area (Å²) in [5.41, 5.74) is 11.4. The Morgan fingerprint density at radius 1 is 1.09 bits per heavy atom. The highest BCUT2D eigenvalue weighted by Gasteiger charge is 2.14. The van der Waals surface area contributed by atoms with E-state index in [4.69, 9.17) is 15.2 Å². The van der Waals surface area contributed by atoms with Crippen molar-refractivity contribution in [1.29, 1.82) is 0 Å². The van der Waals surface area contributed by atoms with E-state index < -0.39 is 5.97 Å². The molecular weight excluding hydrogens is 406 g/mol. The molecule has 0 fully saturated rings. The average molecular weight is 431 g/mol. The predicted molar refractivity (Wildman–Crippen MR) is 123 cm³/mol. The molecule has 0 atom stereocenters. The number of rotatable bonds is 8. The lowest BCUT2D eigenvalue weighted by atomic mass is 10.0. The number of aliphatic carboxylic acids is 1. The minimum atomic E-state index is -0.921. The van der Waals surface area contributed by atoms with Gasteiger partial charge in [0.15, 0.2) is 0 Å². The van der Waals surface area contributed by atoms with Crippen LogP contribution in [0.25, 0.3) is 22.0 Å². The van der Waals surface area contributed by atoms with Gasteiger partial charge in [0.1, 0.15) is 18.1 Å². The molecule has 1 aromatic heterocycles. The predicted octanol–water partition coefficient (Wildman–Crippen LogP) is 3.91. The molecule has 1 heterocycles. The molecule has 4 aromatic rings. The smallest absolute Gasteiger partial charge is 0.307 e. The zero-order valence-corrected chi connectivity index (χ0v) is 18.0. The number of benzene rings is 3. The van der Waals surface area contributed by atoms with E-state index in [-0.39, 0.29) is 13.0 Å². The number of carbonyl (C=O) groups is 1. The summed E-state index contributed by atoms with van der Waals surface area (Å²) in [6, 6.07) is 19.4. The number of nitrogens with two attached hydrogens (primary N) is 1. The third-order valence-electron chi connectivity index (χ3n) is 5.43. The van der Waals surface area contributed by atoms with Crippen molar-refractivity contribution in [2.45, 2.75) is 19.6 Å². The van der Waals surface area contributed by atoms with Crippen LogP contribution in [0.5, 0.6) is 11.5 Å². The highest BCUT2D eigenvalue weighted by atomic mass is 16.5. The lowest BCUT2D eigenvalue weighted by Crippen LogP contribution is -2.07. The van der Waals surface area contributed by atoms with Gasteiger partial charge in [-0.05, 0) is 41.0 Å². The summed E-state index contributed by atoms with van der Waals surface area (Å²) in [5, 5.41) is 14.8. The first-order valence-electron chi connectivity index (χ1n) is 10.2. The van der Waals surface area contributed by atoms with E-state index in [0.29, 0.717) is 23.6 Å². The van der Waals surface area contributed by atoms with E-state index in [1.165, 1.54) is 0 Å². The summed E-state index contributed by atoms with van der Waals surface area (Å²) in [6.45, 7) is 0.723. The fourth-order valence-electron chi connectivity index (χ4n) is 3.73. The normalized spacial score (nSPS) is 11.0. The number of carboxylic acid groups (broad SMARTS) is 1. The maximum atomic E-state index is 11.2. The Hall–Kier alpha value is -3.84. The van der Waals surface area contributed by atoms with Gasteiger partial charge in [-0.25, -0.2) is 0 Å². The summed E-state index contributed by atoms with van der Waals surface area (Å²) in [6.07, 6.45) is -0.132. The van der Waals surface area contributed by atoms with Crippen molar-refractivity contribution in [3.63, 3.8) is 0 Å². The molecule has 32 heavy (non-hydrogen) atoms. The van der Waals surface area contributed by atoms with Crippen molar-refractivity contribution in [2.24, 2.45) is 12.8 Å². The molecule has 0 saturated carbocycles. The largest absolute Gasteiger partial charge is 0.497 e. The van der Waals surface area contributed by atoms with Gasteiger partial charge in [-0.3, -0.25) is 9.48 Å². The van der Waals surface area contributed by atoms with E-state index in [2.05, 4.69) is 23.3 Å². The maximum absolute atomic E-state index is 11.2. The number of nitrogens with zero attached hydrogens (tertiary/aromatic N) is 2. The number of aryl methyl sites for hydroxylation is 1. The summed E-state index contributed by atoms with van der Waals surface area (Å²) in [7, 11) is 3.43. The molecule has 0 saturated heterocycles. The van der Waals surface area contributed by atoms with Crippen LogP contribution in [0.4, 0.5) is 0 Å². The second-order valence-corrected chi connectivity index (χ2v) is 7.54. The third kappa shape index (κ3) is 4.43. The molecule has 0 radical (unpaired) electrons. The van der Waals surface area contributed by atoms with E-state index in [1.807, 2.05) is 31.3 Å². The Kier molecular flexibility index (Phi) is 6.09. The highest BCUT2D eigenvalue weighted by Crippen LogP contribution is 2.30. The molecule has 3 aromatic carbocycles. The molecule has 7 heteroatoms. The zero-order valence-electron chi connectivity index (χ0n) is 18.0. The molecule has 164 valence electrons. The third-order valence-corrected chi connectivity index (χ3v) is 5.43. The van der Waals surface area contributed by atoms with Crippen molar-refractivity contribution in [1.82, 2.24) is 9.78 Å². The SMILES string of the molecule is COc1ccc(CC(=O)O)c(OCc2c3cc(-c4cccc(CN)c4)ccc3nn2C)c1. The average Bonchev–Trinajstić information content (AvgIpc) is 3.12. The van der Waals surface area contributed by atoms with Crippen molar-refractivity contribution < 1.29 is 19.4 Å². The van der Waals surface area contributed by atoms with E-state index >= 15 is 0 Å². The molecule has 3 N–H and O–H groups in total. The standard InChI is InChI=1S/C25H25N3O4/c1-28-23(15-32-24-13-20(31-2)8-6-19(24)12-25(29)30)21-11-18(7-9-22(21)27-28)17-5-3-4-16(10-17)14-26/h3-11,13H,12,14-15,26H2,1-2H3,(H,29,30). The summed E-state index contributed by atoms with van der Waals surface area (Å²) in [5.74, 6) is 0.161. The first-order chi connectivity index (χ1) is 15.5. The molecule has 0 aliphatic heterocycles. The van der Waals surface area contributed by atoms with Crippen LogP contribution in [0, 0.1) is 0 Å². The second kappa shape index (κ2) is 9.11. The second-order valence-electron chi connectivity index (χ2n) is 7.54. The van der Waals surface area contributed by atoms with Gasteiger partial charge in [0.25, 0.3) is 0 Å². The van der Waals surface area contributed by atoms with E-state index in [0.717, 1.165) is 33.3 Å². The van der Waals surface area contributed by atoms with Gasteiger partial charge >= 0.3 is 5.97 Å². The van der Waals surface area contributed by atoms with Crippen molar-refractivity contribution in [3.8, 4) is 22.6 Å². The number of ether oxygens (including phenoxy) is 2. The minimum absolute atomic E-state index is 0.132. The molecule has 0 amide bonds. The summed E-state index contributed by atoms with van der Waals surface area (Å²) in [4.78, 5) is 11.2.